The highest BCUT2D eigenvalue weighted by molar-refractivity contribution is 5.95. The number of guanidine groups is 1. The van der Waals surface area contributed by atoms with E-state index in [0.717, 1.165) is 13.1 Å². The van der Waals surface area contributed by atoms with E-state index >= 15 is 0 Å². The molecule has 2 amide bonds. The Hall–Kier alpha value is -1.30. The summed E-state index contributed by atoms with van der Waals surface area (Å²) < 4.78 is 0. The quantitative estimate of drug-likeness (QED) is 0.405. The molecule has 0 radical (unpaired) electrons. The monoisotopic (exact) mass is 199 g/mol. The second kappa shape index (κ2) is 5.43. The molecular weight excluding hydrogens is 182 g/mol. The molecule has 4 N–H and O–H groups in total. The lowest BCUT2D eigenvalue weighted by atomic mass is 10.4. The molecule has 0 atom stereocenters. The predicted molar refractivity (Wildman–Crippen MR) is 54.9 cm³/mol. The summed E-state index contributed by atoms with van der Waals surface area (Å²) in [5, 5.41) is 5.41. The van der Waals surface area contributed by atoms with E-state index in [2.05, 4.69) is 20.5 Å². The number of hydrogen-bond donors (Lipinski definition) is 3. The summed E-state index contributed by atoms with van der Waals surface area (Å²) in [6, 6.07) is -0.598. The molecule has 6 heteroatoms. The Morgan fingerprint density at radius 3 is 2.64 bits per heavy atom. The zero-order chi connectivity index (χ0) is 10.4. The van der Waals surface area contributed by atoms with Gasteiger partial charge in [0.1, 0.15) is 0 Å². The summed E-state index contributed by atoms with van der Waals surface area (Å²) in [5.74, 6) is 0.421. The molecule has 0 aliphatic carbocycles. The lowest BCUT2D eigenvalue weighted by molar-refractivity contribution is 0.252. The molecule has 80 valence electrons. The number of primary amides is 1. The molecule has 6 nitrogen and oxygen atoms in total. The number of nitrogens with zero attached hydrogens (tertiary/aromatic N) is 2. The third-order valence-electron chi connectivity index (χ3n) is 2.13. The van der Waals surface area contributed by atoms with Crippen LogP contribution in [0, 0.1) is 0 Å². The van der Waals surface area contributed by atoms with Crippen molar-refractivity contribution >= 4 is 12.0 Å². The fraction of sp³-hybridized carbons (Fsp3) is 0.750. The van der Waals surface area contributed by atoms with Gasteiger partial charge in [0.15, 0.2) is 5.96 Å². The normalized spacial score (nSPS) is 18.2. The number of aliphatic imine (C=N–C) groups is 1. The maximum atomic E-state index is 10.5. The molecule has 1 fully saturated rings. The molecule has 0 bridgehead atoms. The summed E-state index contributed by atoms with van der Waals surface area (Å²) in [6.45, 7) is 2.90. The van der Waals surface area contributed by atoms with Crippen LogP contribution in [0.3, 0.4) is 0 Å². The maximum Gasteiger partial charge on any atom is 0.318 e. The first-order chi connectivity index (χ1) is 6.72. The third-order valence-corrected chi connectivity index (χ3v) is 2.13. The van der Waals surface area contributed by atoms with Crippen molar-refractivity contribution in [1.29, 1.82) is 0 Å². The van der Waals surface area contributed by atoms with Crippen molar-refractivity contribution in [2.24, 2.45) is 10.7 Å². The van der Waals surface area contributed by atoms with Gasteiger partial charge >= 0.3 is 6.03 Å². The topological polar surface area (TPSA) is 82.8 Å². The van der Waals surface area contributed by atoms with Crippen LogP contribution in [0.15, 0.2) is 4.99 Å². The summed E-state index contributed by atoms with van der Waals surface area (Å²) in [4.78, 5) is 16.7. The summed E-state index contributed by atoms with van der Waals surface area (Å²) in [5.41, 5.74) is 4.97. The summed E-state index contributed by atoms with van der Waals surface area (Å²) in [6.07, 6.45) is 2.48. The van der Waals surface area contributed by atoms with Gasteiger partial charge in [-0.1, -0.05) is 0 Å². The first kappa shape index (κ1) is 10.8. The largest absolute Gasteiger partial charge is 0.351 e. The number of hydrogen-bond acceptors (Lipinski definition) is 3. The Bertz CT molecular complexity index is 222. The van der Waals surface area contributed by atoms with Crippen LogP contribution in [0.2, 0.25) is 0 Å². The number of nitrogens with two attached hydrogens (primary N) is 1. The van der Waals surface area contributed by atoms with Gasteiger partial charge in [-0.2, -0.15) is 0 Å². The van der Waals surface area contributed by atoms with Crippen molar-refractivity contribution in [2.75, 3.05) is 26.8 Å². The van der Waals surface area contributed by atoms with E-state index in [4.69, 9.17) is 5.73 Å². The zero-order valence-electron chi connectivity index (χ0n) is 8.42. The molecule has 0 aromatic carbocycles. The van der Waals surface area contributed by atoms with Crippen molar-refractivity contribution in [3.8, 4) is 0 Å². The number of rotatable bonds is 2. The molecule has 1 rings (SSSR count). The van der Waals surface area contributed by atoms with Crippen LogP contribution >= 0.6 is 0 Å². The van der Waals surface area contributed by atoms with Gasteiger partial charge in [0, 0.05) is 7.05 Å². The van der Waals surface area contributed by atoms with Crippen molar-refractivity contribution in [3.05, 3.63) is 0 Å². The second-order valence-corrected chi connectivity index (χ2v) is 3.22. The van der Waals surface area contributed by atoms with Crippen LogP contribution in [0.5, 0.6) is 0 Å². The number of carbonyl (C=O) groups excluding carboxylic acids is 1. The summed E-state index contributed by atoms with van der Waals surface area (Å²) >= 11 is 0. The molecule has 1 saturated heterocycles. The van der Waals surface area contributed by atoms with Gasteiger partial charge in [-0.15, -0.1) is 0 Å². The first-order valence-corrected chi connectivity index (χ1v) is 4.72. The van der Waals surface area contributed by atoms with Crippen LogP contribution < -0.4 is 16.4 Å². The van der Waals surface area contributed by atoms with Gasteiger partial charge in [0.2, 0.25) is 0 Å². The molecule has 0 aromatic rings. The molecule has 0 saturated carbocycles. The Morgan fingerprint density at radius 2 is 2.14 bits per heavy atom. The van der Waals surface area contributed by atoms with Gasteiger partial charge in [-0.3, -0.25) is 15.2 Å². The van der Waals surface area contributed by atoms with E-state index in [0.29, 0.717) is 12.6 Å². The van der Waals surface area contributed by atoms with Gasteiger partial charge in [-0.25, -0.2) is 4.79 Å². The highest BCUT2D eigenvalue weighted by Crippen LogP contribution is 2.04. The van der Waals surface area contributed by atoms with Crippen molar-refractivity contribution in [3.63, 3.8) is 0 Å². The van der Waals surface area contributed by atoms with Crippen molar-refractivity contribution in [2.45, 2.75) is 12.8 Å². The van der Waals surface area contributed by atoms with Crippen LogP contribution in [0.25, 0.3) is 0 Å². The Balaban J connectivity index is 2.23. The third kappa shape index (κ3) is 3.61. The predicted octanol–water partition coefficient (Wildman–Crippen LogP) is -0.717. The molecule has 1 heterocycles. The van der Waals surface area contributed by atoms with Crippen molar-refractivity contribution < 1.29 is 4.79 Å². The van der Waals surface area contributed by atoms with Crippen LogP contribution in [0.4, 0.5) is 4.79 Å². The number of nitrogens with one attached hydrogen (secondary N) is 2. The van der Waals surface area contributed by atoms with Crippen molar-refractivity contribution in [1.82, 2.24) is 15.5 Å². The lowest BCUT2D eigenvalue weighted by Gasteiger charge is -2.16. The molecule has 1 aliphatic rings. The van der Waals surface area contributed by atoms with E-state index in [-0.39, 0.29) is 0 Å². The van der Waals surface area contributed by atoms with E-state index in [1.54, 1.807) is 7.05 Å². The zero-order valence-corrected chi connectivity index (χ0v) is 8.42. The Morgan fingerprint density at radius 1 is 1.50 bits per heavy atom. The molecule has 0 spiro atoms. The minimum atomic E-state index is -0.598. The molecular formula is C8H17N5O. The van der Waals surface area contributed by atoms with Gasteiger partial charge in [0.25, 0.3) is 0 Å². The van der Waals surface area contributed by atoms with Gasteiger partial charge < -0.3 is 11.1 Å². The van der Waals surface area contributed by atoms with Gasteiger partial charge in [0.05, 0.1) is 6.67 Å². The fourth-order valence-electron chi connectivity index (χ4n) is 1.42. The molecule has 0 unspecified atom stereocenters. The van der Waals surface area contributed by atoms with E-state index in [9.17, 15) is 4.79 Å². The summed E-state index contributed by atoms with van der Waals surface area (Å²) in [7, 11) is 1.60. The Labute approximate surface area is 83.5 Å². The fourth-order valence-corrected chi connectivity index (χ4v) is 1.42. The highest BCUT2D eigenvalue weighted by atomic mass is 16.2. The smallest absolute Gasteiger partial charge is 0.318 e. The minimum absolute atomic E-state index is 0.421. The number of amides is 2. The van der Waals surface area contributed by atoms with Crippen LogP contribution in [-0.2, 0) is 0 Å². The van der Waals surface area contributed by atoms with Gasteiger partial charge in [-0.05, 0) is 25.9 Å². The highest BCUT2D eigenvalue weighted by Gasteiger charge is 2.11. The second-order valence-electron chi connectivity index (χ2n) is 3.22. The Kier molecular flexibility index (Phi) is 4.18. The first-order valence-electron chi connectivity index (χ1n) is 4.72. The lowest BCUT2D eigenvalue weighted by Crippen LogP contribution is -2.47. The molecule has 14 heavy (non-hydrogen) atoms. The minimum Gasteiger partial charge on any atom is -0.351 e. The molecule has 0 aromatic heterocycles. The number of likely N-dealkylation sites (tertiary alicyclic amines) is 1. The number of carbonyl (C=O) groups is 1. The average molecular weight is 199 g/mol. The van der Waals surface area contributed by atoms with Crippen LogP contribution in [0.1, 0.15) is 12.8 Å². The SMILES string of the molecule is CN=C(NCN1CCCC1)NC(N)=O. The number of urea groups is 1. The van der Waals surface area contributed by atoms with E-state index in [1.165, 1.54) is 12.8 Å². The maximum absolute atomic E-state index is 10.5. The molecule has 1 aliphatic heterocycles. The van der Waals surface area contributed by atoms with E-state index < -0.39 is 6.03 Å². The average Bonchev–Trinajstić information content (AvgIpc) is 2.64. The standard InChI is InChI=1S/C8H17N5O/c1-10-8(12-7(9)14)11-6-13-4-2-3-5-13/h2-6H2,1H3,(H4,9,10,11,12,14). The van der Waals surface area contributed by atoms with E-state index in [1.807, 2.05) is 0 Å². The van der Waals surface area contributed by atoms with Crippen LogP contribution in [-0.4, -0.2) is 43.7 Å².